The molecule has 3 aromatic carbocycles. The van der Waals surface area contributed by atoms with E-state index < -0.39 is 0 Å². The van der Waals surface area contributed by atoms with E-state index in [-0.39, 0.29) is 18.5 Å². The summed E-state index contributed by atoms with van der Waals surface area (Å²) < 4.78 is 0. The molecule has 26 heavy (non-hydrogen) atoms. The van der Waals surface area contributed by atoms with Gasteiger partial charge in [0.1, 0.15) is 0 Å². The van der Waals surface area contributed by atoms with E-state index in [2.05, 4.69) is 34.9 Å². The van der Waals surface area contributed by atoms with Crippen LogP contribution in [0.4, 0.5) is 5.69 Å². The van der Waals surface area contributed by atoms with Crippen molar-refractivity contribution in [2.24, 2.45) is 0 Å². The first-order valence-electron chi connectivity index (χ1n) is 8.53. The van der Waals surface area contributed by atoms with Crippen LogP contribution in [0, 0.1) is 6.92 Å². The highest BCUT2D eigenvalue weighted by atomic mass is 35.5. The number of hydrogen-bond donors (Lipinski definition) is 2. The first-order chi connectivity index (χ1) is 12.6. The smallest absolute Gasteiger partial charge is 0.238 e. The molecular weight excluding hydrogens is 344 g/mol. The molecule has 0 spiro atoms. The fraction of sp³-hybridized carbons (Fsp3) is 0.136. The van der Waals surface area contributed by atoms with Crippen molar-refractivity contribution in [3.05, 3.63) is 101 Å². The Balaban J connectivity index is 1.72. The van der Waals surface area contributed by atoms with Crippen LogP contribution in [0.5, 0.6) is 0 Å². The molecule has 132 valence electrons. The molecule has 0 unspecified atom stereocenters. The molecule has 0 aromatic heterocycles. The van der Waals surface area contributed by atoms with Crippen molar-refractivity contribution >= 4 is 23.2 Å². The molecule has 3 aromatic rings. The van der Waals surface area contributed by atoms with Gasteiger partial charge >= 0.3 is 0 Å². The fourth-order valence-corrected chi connectivity index (χ4v) is 3.01. The van der Waals surface area contributed by atoms with Gasteiger partial charge in [-0.1, -0.05) is 78.3 Å². The second kappa shape index (κ2) is 8.65. The summed E-state index contributed by atoms with van der Waals surface area (Å²) in [4.78, 5) is 12.4. The van der Waals surface area contributed by atoms with E-state index >= 15 is 0 Å². The summed E-state index contributed by atoms with van der Waals surface area (Å²) in [6.07, 6.45) is 0. The van der Waals surface area contributed by atoms with Gasteiger partial charge in [0.25, 0.3) is 0 Å². The Morgan fingerprint density at radius 3 is 2.08 bits per heavy atom. The van der Waals surface area contributed by atoms with Crippen molar-refractivity contribution in [2.75, 3.05) is 11.9 Å². The minimum Gasteiger partial charge on any atom is -0.325 e. The molecule has 3 nitrogen and oxygen atoms in total. The topological polar surface area (TPSA) is 41.1 Å². The number of aryl methyl sites for hydroxylation is 1. The Morgan fingerprint density at radius 2 is 1.50 bits per heavy atom. The molecule has 3 rings (SSSR count). The Morgan fingerprint density at radius 1 is 0.923 bits per heavy atom. The summed E-state index contributed by atoms with van der Waals surface area (Å²) in [5.74, 6) is -0.104. The van der Waals surface area contributed by atoms with Gasteiger partial charge in [0, 0.05) is 10.7 Å². The molecule has 2 N–H and O–H groups in total. The van der Waals surface area contributed by atoms with Gasteiger partial charge in [-0.2, -0.15) is 0 Å². The van der Waals surface area contributed by atoms with Crippen LogP contribution in [0.2, 0.25) is 5.02 Å². The van der Waals surface area contributed by atoms with Gasteiger partial charge in [-0.3, -0.25) is 10.1 Å². The normalized spacial score (nSPS) is 10.7. The average molecular weight is 365 g/mol. The first-order valence-corrected chi connectivity index (χ1v) is 8.90. The summed E-state index contributed by atoms with van der Waals surface area (Å²) in [7, 11) is 0. The van der Waals surface area contributed by atoms with E-state index in [9.17, 15) is 4.79 Å². The van der Waals surface area contributed by atoms with Gasteiger partial charge in [0.15, 0.2) is 0 Å². The molecule has 0 bridgehead atoms. The van der Waals surface area contributed by atoms with Gasteiger partial charge in [-0.15, -0.1) is 0 Å². The standard InChI is InChI=1S/C22H21ClN2O/c1-16-12-13-19(23)14-20(16)25-21(26)15-24-22(17-8-4-2-5-9-17)18-10-6-3-7-11-18/h2-14,22,24H,15H2,1H3,(H,25,26). The molecule has 0 aliphatic heterocycles. The van der Waals surface area contributed by atoms with Crippen molar-refractivity contribution < 1.29 is 4.79 Å². The molecule has 0 saturated carbocycles. The molecule has 0 fully saturated rings. The summed E-state index contributed by atoms with van der Waals surface area (Å²) >= 11 is 6.02. The van der Waals surface area contributed by atoms with E-state index in [0.29, 0.717) is 5.02 Å². The van der Waals surface area contributed by atoms with Crippen LogP contribution in [0.1, 0.15) is 22.7 Å². The van der Waals surface area contributed by atoms with Gasteiger partial charge in [-0.05, 0) is 35.7 Å². The quantitative estimate of drug-likeness (QED) is 0.648. The minimum absolute atomic E-state index is 0.0522. The zero-order valence-corrected chi connectivity index (χ0v) is 15.3. The molecule has 0 saturated heterocycles. The Kier molecular flexibility index (Phi) is 6.05. The maximum atomic E-state index is 12.4. The SMILES string of the molecule is Cc1ccc(Cl)cc1NC(=O)CNC(c1ccccc1)c1ccccc1. The predicted molar refractivity (Wildman–Crippen MR) is 108 cm³/mol. The fourth-order valence-electron chi connectivity index (χ4n) is 2.84. The number of halogens is 1. The van der Waals surface area contributed by atoms with E-state index in [1.807, 2.05) is 55.5 Å². The van der Waals surface area contributed by atoms with Gasteiger partial charge in [0.2, 0.25) is 5.91 Å². The third-order valence-corrected chi connectivity index (χ3v) is 4.44. The molecule has 1 amide bonds. The lowest BCUT2D eigenvalue weighted by molar-refractivity contribution is -0.115. The van der Waals surface area contributed by atoms with Crippen molar-refractivity contribution in [1.82, 2.24) is 5.32 Å². The second-order valence-corrected chi connectivity index (χ2v) is 6.58. The lowest BCUT2D eigenvalue weighted by atomic mass is 9.99. The van der Waals surface area contributed by atoms with Gasteiger partial charge < -0.3 is 5.32 Å². The van der Waals surface area contributed by atoms with Crippen LogP contribution < -0.4 is 10.6 Å². The summed E-state index contributed by atoms with van der Waals surface area (Å²) in [5, 5.41) is 6.89. The Labute approximate surface area is 159 Å². The number of nitrogens with one attached hydrogen (secondary N) is 2. The monoisotopic (exact) mass is 364 g/mol. The summed E-state index contributed by atoms with van der Waals surface area (Å²) in [5.41, 5.74) is 3.95. The molecule has 0 heterocycles. The number of hydrogen-bond acceptors (Lipinski definition) is 2. The number of benzene rings is 3. The van der Waals surface area contributed by atoms with Gasteiger partial charge in [0.05, 0.1) is 12.6 Å². The molecule has 4 heteroatoms. The third-order valence-electron chi connectivity index (χ3n) is 4.21. The molecule has 0 aliphatic carbocycles. The average Bonchev–Trinajstić information content (AvgIpc) is 2.67. The molecule has 0 radical (unpaired) electrons. The number of amides is 1. The summed E-state index contributed by atoms with van der Waals surface area (Å²) in [6, 6.07) is 25.6. The highest BCUT2D eigenvalue weighted by Crippen LogP contribution is 2.22. The first kappa shape index (κ1) is 18.2. The van der Waals surface area contributed by atoms with Crippen molar-refractivity contribution in [2.45, 2.75) is 13.0 Å². The van der Waals surface area contributed by atoms with E-state index in [1.165, 1.54) is 0 Å². The lowest BCUT2D eigenvalue weighted by Gasteiger charge is -2.20. The Hall–Kier alpha value is -2.62. The van der Waals surface area contributed by atoms with E-state index in [0.717, 1.165) is 22.4 Å². The van der Waals surface area contributed by atoms with Crippen LogP contribution in [-0.4, -0.2) is 12.5 Å². The highest BCUT2D eigenvalue weighted by molar-refractivity contribution is 6.31. The molecule has 0 aliphatic rings. The van der Waals surface area contributed by atoms with Crippen LogP contribution in [0.25, 0.3) is 0 Å². The van der Waals surface area contributed by atoms with Crippen molar-refractivity contribution in [3.8, 4) is 0 Å². The van der Waals surface area contributed by atoms with Crippen LogP contribution >= 0.6 is 11.6 Å². The largest absolute Gasteiger partial charge is 0.325 e. The number of anilines is 1. The Bertz CT molecular complexity index is 826. The van der Waals surface area contributed by atoms with Crippen LogP contribution in [0.15, 0.2) is 78.9 Å². The minimum atomic E-state index is -0.104. The number of carbonyl (C=O) groups is 1. The zero-order chi connectivity index (χ0) is 18.4. The summed E-state index contributed by atoms with van der Waals surface area (Å²) in [6.45, 7) is 2.14. The van der Waals surface area contributed by atoms with Crippen molar-refractivity contribution in [1.29, 1.82) is 0 Å². The molecule has 0 atom stereocenters. The maximum absolute atomic E-state index is 12.4. The second-order valence-electron chi connectivity index (χ2n) is 6.14. The highest BCUT2D eigenvalue weighted by Gasteiger charge is 2.15. The zero-order valence-electron chi connectivity index (χ0n) is 14.6. The van der Waals surface area contributed by atoms with Crippen molar-refractivity contribution in [3.63, 3.8) is 0 Å². The van der Waals surface area contributed by atoms with Crippen LogP contribution in [-0.2, 0) is 4.79 Å². The van der Waals surface area contributed by atoms with E-state index in [4.69, 9.17) is 11.6 Å². The number of carbonyl (C=O) groups excluding carboxylic acids is 1. The van der Waals surface area contributed by atoms with Gasteiger partial charge in [-0.25, -0.2) is 0 Å². The van der Waals surface area contributed by atoms with Crippen LogP contribution in [0.3, 0.4) is 0 Å². The predicted octanol–water partition coefficient (Wildman–Crippen LogP) is 4.97. The number of rotatable bonds is 6. The maximum Gasteiger partial charge on any atom is 0.238 e. The lowest BCUT2D eigenvalue weighted by Crippen LogP contribution is -2.32. The molecular formula is C22H21ClN2O. The van der Waals surface area contributed by atoms with E-state index in [1.54, 1.807) is 6.07 Å². The third kappa shape index (κ3) is 4.72.